The molecule has 0 aliphatic rings. The molecular weight excluding hydrogens is 361 g/mol. The first kappa shape index (κ1) is 17.3. The first-order valence-electron chi connectivity index (χ1n) is 7.43. The molecule has 0 unspecified atom stereocenters. The van der Waals surface area contributed by atoms with Crippen molar-refractivity contribution in [3.8, 4) is 5.75 Å². The summed E-state index contributed by atoms with van der Waals surface area (Å²) in [6.07, 6.45) is 1.52. The van der Waals surface area contributed by atoms with E-state index >= 15 is 0 Å². The maximum Gasteiger partial charge on any atom is 0.244 e. The quantitative estimate of drug-likeness (QED) is 0.658. The molecule has 0 saturated carbocycles. The van der Waals surface area contributed by atoms with Gasteiger partial charge in [0.25, 0.3) is 0 Å². The number of methoxy groups -OCH3 is 1. The van der Waals surface area contributed by atoms with E-state index < -0.39 is 0 Å². The Labute approximate surface area is 155 Å². The molecule has 0 atom stereocenters. The van der Waals surface area contributed by atoms with Crippen molar-refractivity contribution < 1.29 is 4.74 Å². The molecule has 0 spiro atoms. The van der Waals surface area contributed by atoms with Crippen molar-refractivity contribution in [3.63, 3.8) is 0 Å². The zero-order chi connectivity index (χ0) is 17.6. The Morgan fingerprint density at radius 2 is 1.92 bits per heavy atom. The van der Waals surface area contributed by atoms with Gasteiger partial charge in [-0.25, -0.2) is 0 Å². The van der Waals surface area contributed by atoms with Gasteiger partial charge in [0.2, 0.25) is 5.95 Å². The van der Waals surface area contributed by atoms with Gasteiger partial charge in [-0.3, -0.25) is 0 Å². The van der Waals surface area contributed by atoms with Crippen molar-refractivity contribution >= 4 is 40.7 Å². The van der Waals surface area contributed by atoms with Crippen LogP contribution in [-0.4, -0.2) is 22.3 Å². The van der Waals surface area contributed by atoms with Crippen LogP contribution in [0.5, 0.6) is 5.75 Å². The number of anilines is 3. The third-order valence-corrected chi connectivity index (χ3v) is 4.12. The van der Waals surface area contributed by atoms with Gasteiger partial charge in [-0.05, 0) is 24.3 Å². The minimum Gasteiger partial charge on any atom is -0.496 e. The third kappa shape index (κ3) is 4.49. The van der Waals surface area contributed by atoms with Gasteiger partial charge in [0.05, 0.1) is 23.4 Å². The van der Waals surface area contributed by atoms with Crippen LogP contribution < -0.4 is 15.4 Å². The molecular formula is C17H15Cl2N5O. The average molecular weight is 376 g/mol. The summed E-state index contributed by atoms with van der Waals surface area (Å²) in [5, 5.41) is 15.1. The van der Waals surface area contributed by atoms with Crippen LogP contribution in [0.4, 0.5) is 17.5 Å². The van der Waals surface area contributed by atoms with E-state index in [0.717, 1.165) is 17.0 Å². The highest BCUT2D eigenvalue weighted by Gasteiger charge is 2.05. The largest absolute Gasteiger partial charge is 0.496 e. The molecule has 2 aromatic carbocycles. The van der Waals surface area contributed by atoms with Gasteiger partial charge in [0.1, 0.15) is 5.75 Å². The molecule has 0 aliphatic heterocycles. The number of ether oxygens (including phenoxy) is 1. The fourth-order valence-electron chi connectivity index (χ4n) is 2.18. The van der Waals surface area contributed by atoms with Gasteiger partial charge >= 0.3 is 0 Å². The molecule has 3 aromatic rings. The van der Waals surface area contributed by atoms with Crippen LogP contribution in [0.3, 0.4) is 0 Å². The molecule has 2 N–H and O–H groups in total. The molecule has 1 aromatic heterocycles. The first-order valence-corrected chi connectivity index (χ1v) is 8.19. The van der Waals surface area contributed by atoms with Crippen molar-refractivity contribution in [2.45, 2.75) is 6.54 Å². The lowest BCUT2D eigenvalue weighted by Gasteiger charge is -2.10. The fourth-order valence-corrected chi connectivity index (χ4v) is 2.48. The second-order valence-corrected chi connectivity index (χ2v) is 5.90. The number of benzene rings is 2. The summed E-state index contributed by atoms with van der Waals surface area (Å²) in [6, 6.07) is 13.0. The van der Waals surface area contributed by atoms with Gasteiger partial charge in [-0.15, -0.1) is 5.10 Å². The highest BCUT2D eigenvalue weighted by atomic mass is 35.5. The number of halogens is 2. The van der Waals surface area contributed by atoms with Crippen molar-refractivity contribution in [3.05, 3.63) is 64.3 Å². The molecule has 0 aliphatic carbocycles. The van der Waals surface area contributed by atoms with E-state index in [0.29, 0.717) is 28.4 Å². The lowest BCUT2D eigenvalue weighted by Crippen LogP contribution is -2.07. The van der Waals surface area contributed by atoms with E-state index in [2.05, 4.69) is 25.8 Å². The summed E-state index contributed by atoms with van der Waals surface area (Å²) in [4.78, 5) is 4.38. The molecule has 6 nitrogen and oxygen atoms in total. The highest BCUT2D eigenvalue weighted by molar-refractivity contribution is 6.42. The number of para-hydroxylation sites is 1. The Balaban J connectivity index is 1.70. The number of nitrogens with zero attached hydrogens (tertiary/aromatic N) is 3. The zero-order valence-electron chi connectivity index (χ0n) is 13.3. The highest BCUT2D eigenvalue weighted by Crippen LogP contribution is 2.26. The molecule has 128 valence electrons. The molecule has 0 saturated heterocycles. The molecule has 0 radical (unpaired) electrons. The molecule has 3 rings (SSSR count). The second kappa shape index (κ2) is 8.00. The van der Waals surface area contributed by atoms with Crippen molar-refractivity contribution in [2.75, 3.05) is 17.7 Å². The van der Waals surface area contributed by atoms with Gasteiger partial charge in [-0.2, -0.15) is 10.1 Å². The molecule has 1 heterocycles. The van der Waals surface area contributed by atoms with E-state index in [-0.39, 0.29) is 0 Å². The maximum absolute atomic E-state index is 6.01. The number of nitrogens with one attached hydrogen (secondary N) is 2. The molecule has 0 amide bonds. The summed E-state index contributed by atoms with van der Waals surface area (Å²) < 4.78 is 5.33. The number of aromatic nitrogens is 3. The van der Waals surface area contributed by atoms with E-state index in [4.69, 9.17) is 27.9 Å². The van der Waals surface area contributed by atoms with Gasteiger partial charge in [0, 0.05) is 17.8 Å². The van der Waals surface area contributed by atoms with Crippen LogP contribution in [0, 0.1) is 0 Å². The van der Waals surface area contributed by atoms with Crippen LogP contribution in [0.25, 0.3) is 0 Å². The second-order valence-electron chi connectivity index (χ2n) is 5.08. The summed E-state index contributed by atoms with van der Waals surface area (Å²) >= 11 is 11.9. The number of hydrogen-bond acceptors (Lipinski definition) is 6. The predicted octanol–water partition coefficient (Wildman–Crippen LogP) is 4.54. The zero-order valence-corrected chi connectivity index (χ0v) is 14.8. The topological polar surface area (TPSA) is 72.0 Å². The monoisotopic (exact) mass is 375 g/mol. The normalized spacial score (nSPS) is 10.4. The number of rotatable bonds is 6. The minimum absolute atomic E-state index is 0.399. The van der Waals surface area contributed by atoms with Crippen LogP contribution in [0.1, 0.15) is 5.56 Å². The Hall–Kier alpha value is -2.57. The summed E-state index contributed by atoms with van der Waals surface area (Å²) in [6.45, 7) is 0.516. The lowest BCUT2D eigenvalue weighted by atomic mass is 10.2. The molecule has 0 bridgehead atoms. The fraction of sp³-hybridized carbons (Fsp3) is 0.118. The Morgan fingerprint density at radius 1 is 1.08 bits per heavy atom. The summed E-state index contributed by atoms with van der Waals surface area (Å²) in [5.74, 6) is 1.74. The molecule has 0 fully saturated rings. The Morgan fingerprint density at radius 3 is 2.72 bits per heavy atom. The summed E-state index contributed by atoms with van der Waals surface area (Å²) in [5.41, 5.74) is 1.75. The first-order chi connectivity index (χ1) is 12.2. The van der Waals surface area contributed by atoms with Crippen LogP contribution in [-0.2, 0) is 6.54 Å². The van der Waals surface area contributed by atoms with E-state index in [1.54, 1.807) is 25.3 Å². The van der Waals surface area contributed by atoms with Crippen LogP contribution >= 0.6 is 23.2 Å². The smallest absolute Gasteiger partial charge is 0.244 e. The van der Waals surface area contributed by atoms with Crippen molar-refractivity contribution in [1.29, 1.82) is 0 Å². The summed E-state index contributed by atoms with van der Waals surface area (Å²) in [7, 11) is 1.64. The average Bonchev–Trinajstić information content (AvgIpc) is 2.63. The molecule has 25 heavy (non-hydrogen) atoms. The Bertz CT molecular complexity index is 875. The lowest BCUT2D eigenvalue weighted by molar-refractivity contribution is 0.410. The maximum atomic E-state index is 6.01. The molecule has 8 heteroatoms. The van der Waals surface area contributed by atoms with Crippen molar-refractivity contribution in [2.24, 2.45) is 0 Å². The van der Waals surface area contributed by atoms with Crippen LogP contribution in [0.15, 0.2) is 48.7 Å². The Kier molecular flexibility index (Phi) is 5.53. The van der Waals surface area contributed by atoms with E-state index in [1.807, 2.05) is 24.3 Å². The van der Waals surface area contributed by atoms with Crippen molar-refractivity contribution in [1.82, 2.24) is 15.2 Å². The van der Waals surface area contributed by atoms with E-state index in [9.17, 15) is 0 Å². The van der Waals surface area contributed by atoms with E-state index in [1.165, 1.54) is 6.20 Å². The standard InChI is InChI=1S/C17H15Cl2N5O/c1-25-15-5-3-2-4-11(15)9-20-17-23-16(10-21-24-17)22-12-6-7-13(18)14(19)8-12/h2-8,10H,9H2,1H3,(H2,20,22,23,24). The third-order valence-electron chi connectivity index (χ3n) is 3.38. The van der Waals surface area contributed by atoms with Gasteiger partial charge in [0.15, 0.2) is 5.82 Å². The predicted molar refractivity (Wildman–Crippen MR) is 99.9 cm³/mol. The van der Waals surface area contributed by atoms with Gasteiger partial charge < -0.3 is 15.4 Å². The number of hydrogen-bond donors (Lipinski definition) is 2. The van der Waals surface area contributed by atoms with Crippen LogP contribution in [0.2, 0.25) is 10.0 Å². The van der Waals surface area contributed by atoms with Gasteiger partial charge in [-0.1, -0.05) is 41.4 Å². The SMILES string of the molecule is COc1ccccc1CNc1nncc(Nc2ccc(Cl)c(Cl)c2)n1. The minimum atomic E-state index is 0.399.